The molecular formula is C8H14N2O3S. The highest BCUT2D eigenvalue weighted by Crippen LogP contribution is 2.19. The minimum atomic E-state index is -2.99. The summed E-state index contributed by atoms with van der Waals surface area (Å²) in [6, 6.07) is 0. The van der Waals surface area contributed by atoms with Crippen LogP contribution in [0.3, 0.4) is 0 Å². The summed E-state index contributed by atoms with van der Waals surface area (Å²) in [6.45, 7) is 3.67. The van der Waals surface area contributed by atoms with Crippen molar-refractivity contribution >= 4 is 9.84 Å². The topological polar surface area (TPSA) is 72.2 Å². The van der Waals surface area contributed by atoms with Crippen LogP contribution in [0.2, 0.25) is 0 Å². The van der Waals surface area contributed by atoms with Gasteiger partial charge in [-0.1, -0.05) is 0 Å². The lowest BCUT2D eigenvalue weighted by molar-refractivity contribution is 0.464. The second-order valence-electron chi connectivity index (χ2n) is 3.37. The van der Waals surface area contributed by atoms with Gasteiger partial charge in [0.1, 0.15) is 15.5 Å². The first-order chi connectivity index (χ1) is 6.31. The Kier molecular flexibility index (Phi) is 2.84. The van der Waals surface area contributed by atoms with Gasteiger partial charge in [-0.15, -0.1) is 0 Å². The van der Waals surface area contributed by atoms with E-state index in [0.29, 0.717) is 11.4 Å². The summed E-state index contributed by atoms with van der Waals surface area (Å²) in [4.78, 5) is 0. The van der Waals surface area contributed by atoms with Crippen molar-refractivity contribution in [3.63, 3.8) is 0 Å². The van der Waals surface area contributed by atoms with Crippen LogP contribution < -0.4 is 0 Å². The molecule has 0 saturated carbocycles. The van der Waals surface area contributed by atoms with Gasteiger partial charge in [-0.25, -0.2) is 8.42 Å². The van der Waals surface area contributed by atoms with Crippen LogP contribution in [0.15, 0.2) is 0 Å². The zero-order valence-corrected chi connectivity index (χ0v) is 9.30. The number of rotatable bonds is 3. The fourth-order valence-electron chi connectivity index (χ4n) is 1.16. The Labute approximate surface area is 83.3 Å². The van der Waals surface area contributed by atoms with Crippen molar-refractivity contribution in [1.82, 2.24) is 9.78 Å². The fourth-order valence-corrected chi connectivity index (χ4v) is 1.66. The van der Waals surface area contributed by atoms with Crippen LogP contribution in [0.5, 0.6) is 5.75 Å². The molecule has 0 aromatic carbocycles. The maximum Gasteiger partial charge on any atom is 0.159 e. The van der Waals surface area contributed by atoms with Crippen molar-refractivity contribution in [1.29, 1.82) is 0 Å². The molecule has 0 unspecified atom stereocenters. The van der Waals surface area contributed by atoms with Gasteiger partial charge in [0.2, 0.25) is 0 Å². The van der Waals surface area contributed by atoms with Crippen LogP contribution in [0.4, 0.5) is 0 Å². The highest BCUT2D eigenvalue weighted by atomic mass is 32.2. The number of aromatic hydroxyl groups is 1. The zero-order chi connectivity index (χ0) is 10.9. The second-order valence-corrected chi connectivity index (χ2v) is 5.63. The summed E-state index contributed by atoms with van der Waals surface area (Å²) < 4.78 is 23.3. The summed E-state index contributed by atoms with van der Waals surface area (Å²) in [5, 5.41) is 13.4. The summed E-state index contributed by atoms with van der Waals surface area (Å²) in [5.74, 6) is 0.174. The molecule has 0 aliphatic heterocycles. The van der Waals surface area contributed by atoms with Crippen LogP contribution >= 0.6 is 0 Å². The molecule has 0 aliphatic rings. The number of hydrogen-bond donors (Lipinski definition) is 1. The number of hydrogen-bond acceptors (Lipinski definition) is 4. The lowest BCUT2D eigenvalue weighted by Crippen LogP contribution is -2.13. The lowest BCUT2D eigenvalue weighted by atomic mass is 10.3. The molecule has 5 nitrogen and oxygen atoms in total. The van der Waals surface area contributed by atoms with E-state index in [4.69, 9.17) is 0 Å². The first kappa shape index (κ1) is 11.0. The molecule has 0 fully saturated rings. The third-order valence-corrected chi connectivity index (χ3v) is 2.94. The Morgan fingerprint density at radius 2 is 2.00 bits per heavy atom. The summed E-state index contributed by atoms with van der Waals surface area (Å²) in [5.41, 5.74) is 1.13. The first-order valence-electron chi connectivity index (χ1n) is 4.22. The Morgan fingerprint density at radius 1 is 1.43 bits per heavy atom. The largest absolute Gasteiger partial charge is 0.504 e. The molecule has 14 heavy (non-hydrogen) atoms. The number of sulfone groups is 1. The van der Waals surface area contributed by atoms with Crippen LogP contribution in [-0.2, 0) is 16.4 Å². The van der Waals surface area contributed by atoms with Crippen LogP contribution in [-0.4, -0.2) is 35.3 Å². The second kappa shape index (κ2) is 3.61. The Bertz CT molecular complexity index is 434. The van der Waals surface area contributed by atoms with Crippen LogP contribution in [0.25, 0.3) is 0 Å². The van der Waals surface area contributed by atoms with Gasteiger partial charge in [0.15, 0.2) is 5.75 Å². The molecule has 6 heteroatoms. The molecule has 0 amide bonds. The smallest absolute Gasteiger partial charge is 0.159 e. The maximum atomic E-state index is 10.9. The molecule has 80 valence electrons. The van der Waals surface area contributed by atoms with Crippen LogP contribution in [0, 0.1) is 13.8 Å². The number of aryl methyl sites for hydroxylation is 2. The van der Waals surface area contributed by atoms with Crippen molar-refractivity contribution in [3.8, 4) is 5.75 Å². The van der Waals surface area contributed by atoms with Gasteiger partial charge in [0.05, 0.1) is 18.0 Å². The Hall–Kier alpha value is -1.04. The molecule has 0 saturated heterocycles. The van der Waals surface area contributed by atoms with E-state index in [0.717, 1.165) is 0 Å². The molecule has 0 aliphatic carbocycles. The average molecular weight is 218 g/mol. The first-order valence-corrected chi connectivity index (χ1v) is 6.28. The normalized spacial score (nSPS) is 11.9. The van der Waals surface area contributed by atoms with E-state index in [1.165, 1.54) is 10.9 Å². The lowest BCUT2D eigenvalue weighted by Gasteiger charge is -2.02. The molecular weight excluding hydrogens is 204 g/mol. The molecule has 1 aromatic heterocycles. The van der Waals surface area contributed by atoms with E-state index in [1.807, 2.05) is 0 Å². The standard InChI is InChI=1S/C8H14N2O3S/c1-6-8(11)7(2)10(9-6)4-5-14(3,12)13/h11H,4-5H2,1-3H3. The van der Waals surface area contributed by atoms with E-state index in [2.05, 4.69) is 5.10 Å². The number of aromatic nitrogens is 2. The Morgan fingerprint density at radius 3 is 2.36 bits per heavy atom. The van der Waals surface area contributed by atoms with Gasteiger partial charge in [0, 0.05) is 6.26 Å². The summed E-state index contributed by atoms with van der Waals surface area (Å²) >= 11 is 0. The molecule has 0 bridgehead atoms. The fraction of sp³-hybridized carbons (Fsp3) is 0.625. The third kappa shape index (κ3) is 2.47. The average Bonchev–Trinajstić information content (AvgIpc) is 2.28. The molecule has 0 atom stereocenters. The van der Waals surface area contributed by atoms with Gasteiger partial charge >= 0.3 is 0 Å². The summed E-state index contributed by atoms with van der Waals surface area (Å²) in [7, 11) is -2.99. The highest BCUT2D eigenvalue weighted by molar-refractivity contribution is 7.90. The van der Waals surface area contributed by atoms with Gasteiger partial charge in [0.25, 0.3) is 0 Å². The predicted molar refractivity (Wildman–Crippen MR) is 53.1 cm³/mol. The molecule has 0 spiro atoms. The maximum absolute atomic E-state index is 10.9. The zero-order valence-electron chi connectivity index (χ0n) is 8.48. The third-order valence-electron chi connectivity index (χ3n) is 2.02. The van der Waals surface area contributed by atoms with E-state index in [1.54, 1.807) is 13.8 Å². The van der Waals surface area contributed by atoms with Crippen molar-refractivity contribution in [2.24, 2.45) is 0 Å². The van der Waals surface area contributed by atoms with E-state index in [9.17, 15) is 13.5 Å². The molecule has 1 aromatic rings. The van der Waals surface area contributed by atoms with E-state index >= 15 is 0 Å². The monoisotopic (exact) mass is 218 g/mol. The molecule has 1 heterocycles. The summed E-state index contributed by atoms with van der Waals surface area (Å²) in [6.07, 6.45) is 1.18. The molecule has 0 radical (unpaired) electrons. The number of nitrogens with zero attached hydrogens (tertiary/aromatic N) is 2. The predicted octanol–water partition coefficient (Wildman–Crippen LogP) is 0.250. The van der Waals surface area contributed by atoms with Crippen molar-refractivity contribution in [2.75, 3.05) is 12.0 Å². The Balaban J connectivity index is 2.83. The van der Waals surface area contributed by atoms with Crippen molar-refractivity contribution in [2.45, 2.75) is 20.4 Å². The quantitative estimate of drug-likeness (QED) is 0.789. The van der Waals surface area contributed by atoms with Crippen molar-refractivity contribution < 1.29 is 13.5 Å². The van der Waals surface area contributed by atoms with Gasteiger partial charge in [-0.05, 0) is 13.8 Å². The van der Waals surface area contributed by atoms with Crippen LogP contribution in [0.1, 0.15) is 11.4 Å². The molecule has 1 rings (SSSR count). The van der Waals surface area contributed by atoms with E-state index < -0.39 is 9.84 Å². The SMILES string of the molecule is Cc1nn(CCS(C)(=O)=O)c(C)c1O. The van der Waals surface area contributed by atoms with Crippen molar-refractivity contribution in [3.05, 3.63) is 11.4 Å². The minimum Gasteiger partial charge on any atom is -0.504 e. The van der Waals surface area contributed by atoms with Gasteiger partial charge < -0.3 is 5.11 Å². The van der Waals surface area contributed by atoms with Gasteiger partial charge in [-0.3, -0.25) is 4.68 Å². The minimum absolute atomic E-state index is 0.0361. The van der Waals surface area contributed by atoms with Gasteiger partial charge in [-0.2, -0.15) is 5.10 Å². The highest BCUT2D eigenvalue weighted by Gasteiger charge is 2.11. The van der Waals surface area contributed by atoms with E-state index in [-0.39, 0.29) is 18.0 Å². The molecule has 1 N–H and O–H groups in total.